The van der Waals surface area contributed by atoms with E-state index in [1.165, 1.54) is 0 Å². The molecule has 5 heteroatoms. The quantitative estimate of drug-likeness (QED) is 0.796. The number of rotatable bonds is 1. The molecule has 0 N–H and O–H groups in total. The van der Waals surface area contributed by atoms with Crippen molar-refractivity contribution < 1.29 is 9.53 Å². The second-order valence-corrected chi connectivity index (χ2v) is 6.11. The van der Waals surface area contributed by atoms with Gasteiger partial charge in [0.2, 0.25) is 0 Å². The largest absolute Gasteiger partial charge is 0.444 e. The molecule has 0 unspecified atom stereocenters. The van der Waals surface area contributed by atoms with E-state index >= 15 is 0 Å². The van der Waals surface area contributed by atoms with Gasteiger partial charge >= 0.3 is 6.09 Å². The number of ether oxygens (including phenoxy) is 1. The molecular formula is C16H21N3O2. The Bertz CT molecular complexity index is 532. The van der Waals surface area contributed by atoms with Gasteiger partial charge in [0.15, 0.2) is 0 Å². The molecule has 2 rings (SSSR count). The van der Waals surface area contributed by atoms with E-state index in [0.29, 0.717) is 18.7 Å². The lowest BCUT2D eigenvalue weighted by Gasteiger charge is -2.36. The topological polar surface area (TPSA) is 56.6 Å². The van der Waals surface area contributed by atoms with Gasteiger partial charge in [-0.1, -0.05) is 0 Å². The molecule has 1 aromatic carbocycles. The standard InChI is InChI=1S/C16H21N3O2/c1-16(2,3)21-15(20)19-10-8-18(9-11-19)14-6-4-13(12-17)5-7-14/h4-7H,8-11H2,1-3H3. The van der Waals surface area contributed by atoms with E-state index in [1.807, 2.05) is 45.0 Å². The van der Waals surface area contributed by atoms with Gasteiger partial charge in [-0.15, -0.1) is 0 Å². The van der Waals surface area contributed by atoms with E-state index in [2.05, 4.69) is 11.0 Å². The minimum absolute atomic E-state index is 0.248. The third kappa shape index (κ3) is 4.12. The van der Waals surface area contributed by atoms with Crippen LogP contribution in [0.2, 0.25) is 0 Å². The molecule has 112 valence electrons. The van der Waals surface area contributed by atoms with Crippen molar-refractivity contribution in [1.82, 2.24) is 4.90 Å². The molecule has 0 aromatic heterocycles. The number of amides is 1. The summed E-state index contributed by atoms with van der Waals surface area (Å²) in [6, 6.07) is 9.64. The Morgan fingerprint density at radius 2 is 1.71 bits per heavy atom. The monoisotopic (exact) mass is 287 g/mol. The molecular weight excluding hydrogens is 266 g/mol. The lowest BCUT2D eigenvalue weighted by molar-refractivity contribution is 0.0240. The average molecular weight is 287 g/mol. The summed E-state index contributed by atoms with van der Waals surface area (Å²) in [5, 5.41) is 8.81. The molecule has 0 aliphatic carbocycles. The maximum atomic E-state index is 12.0. The van der Waals surface area contributed by atoms with Crippen molar-refractivity contribution in [2.75, 3.05) is 31.1 Å². The van der Waals surface area contributed by atoms with Crippen LogP contribution in [0.5, 0.6) is 0 Å². The zero-order valence-corrected chi connectivity index (χ0v) is 12.8. The summed E-state index contributed by atoms with van der Waals surface area (Å²) >= 11 is 0. The Morgan fingerprint density at radius 1 is 1.14 bits per heavy atom. The van der Waals surface area contributed by atoms with Crippen LogP contribution in [0.3, 0.4) is 0 Å². The molecule has 0 bridgehead atoms. The van der Waals surface area contributed by atoms with Crippen molar-refractivity contribution in [1.29, 1.82) is 5.26 Å². The molecule has 1 fully saturated rings. The van der Waals surface area contributed by atoms with Gasteiger partial charge in [0.05, 0.1) is 11.6 Å². The van der Waals surface area contributed by atoms with Gasteiger partial charge in [0.1, 0.15) is 5.60 Å². The lowest BCUT2D eigenvalue weighted by atomic mass is 10.2. The first-order valence-electron chi connectivity index (χ1n) is 7.12. The second kappa shape index (κ2) is 6.04. The zero-order valence-electron chi connectivity index (χ0n) is 12.8. The van der Waals surface area contributed by atoms with Crippen molar-refractivity contribution in [3.63, 3.8) is 0 Å². The molecule has 21 heavy (non-hydrogen) atoms. The van der Waals surface area contributed by atoms with Crippen LogP contribution in [-0.4, -0.2) is 42.8 Å². The van der Waals surface area contributed by atoms with Crippen molar-refractivity contribution in [2.24, 2.45) is 0 Å². The number of carbonyl (C=O) groups is 1. The molecule has 1 heterocycles. The molecule has 0 radical (unpaired) electrons. The van der Waals surface area contributed by atoms with Crippen LogP contribution in [0.15, 0.2) is 24.3 Å². The van der Waals surface area contributed by atoms with Crippen LogP contribution in [0.25, 0.3) is 0 Å². The normalized spacial score (nSPS) is 15.5. The van der Waals surface area contributed by atoms with Gasteiger partial charge < -0.3 is 14.5 Å². The molecule has 0 saturated carbocycles. The highest BCUT2D eigenvalue weighted by Crippen LogP contribution is 2.18. The predicted molar refractivity (Wildman–Crippen MR) is 81.2 cm³/mol. The van der Waals surface area contributed by atoms with Gasteiger partial charge in [-0.2, -0.15) is 5.26 Å². The summed E-state index contributed by atoms with van der Waals surface area (Å²) in [7, 11) is 0. The SMILES string of the molecule is CC(C)(C)OC(=O)N1CCN(c2ccc(C#N)cc2)CC1. The third-order valence-electron chi connectivity index (χ3n) is 3.29. The maximum absolute atomic E-state index is 12.0. The molecule has 1 saturated heterocycles. The molecule has 1 aliphatic heterocycles. The summed E-state index contributed by atoms with van der Waals surface area (Å²) in [5.41, 5.74) is 1.28. The van der Waals surface area contributed by atoms with Crippen LogP contribution >= 0.6 is 0 Å². The average Bonchev–Trinajstić information content (AvgIpc) is 2.46. The number of hydrogen-bond donors (Lipinski definition) is 0. The highest BCUT2D eigenvalue weighted by atomic mass is 16.6. The van der Waals surface area contributed by atoms with Crippen molar-refractivity contribution in [3.8, 4) is 6.07 Å². The summed E-state index contributed by atoms with van der Waals surface area (Å²) in [6.07, 6.45) is -0.248. The number of piperazine rings is 1. The summed E-state index contributed by atoms with van der Waals surface area (Å²) in [6.45, 7) is 8.45. The van der Waals surface area contributed by atoms with Crippen LogP contribution in [0, 0.1) is 11.3 Å². The molecule has 0 spiro atoms. The van der Waals surface area contributed by atoms with E-state index in [-0.39, 0.29) is 6.09 Å². The van der Waals surface area contributed by atoms with Gasteiger partial charge in [-0.05, 0) is 45.0 Å². The molecule has 0 atom stereocenters. The van der Waals surface area contributed by atoms with Gasteiger partial charge in [0.25, 0.3) is 0 Å². The second-order valence-electron chi connectivity index (χ2n) is 6.11. The highest BCUT2D eigenvalue weighted by molar-refractivity contribution is 5.68. The Labute approximate surface area is 125 Å². The number of benzene rings is 1. The van der Waals surface area contributed by atoms with Crippen LogP contribution in [0.4, 0.5) is 10.5 Å². The Balaban J connectivity index is 1.91. The predicted octanol–water partition coefficient (Wildman–Crippen LogP) is 2.62. The number of anilines is 1. The number of nitrogens with zero attached hydrogens (tertiary/aromatic N) is 3. The van der Waals surface area contributed by atoms with Gasteiger partial charge in [-0.3, -0.25) is 0 Å². The Kier molecular flexibility index (Phi) is 4.37. The fraction of sp³-hybridized carbons (Fsp3) is 0.500. The highest BCUT2D eigenvalue weighted by Gasteiger charge is 2.25. The first-order chi connectivity index (χ1) is 9.89. The fourth-order valence-electron chi connectivity index (χ4n) is 2.22. The van der Waals surface area contributed by atoms with E-state index in [1.54, 1.807) is 4.90 Å². The summed E-state index contributed by atoms with van der Waals surface area (Å²) in [5.74, 6) is 0. The molecule has 1 amide bonds. The molecule has 1 aliphatic rings. The van der Waals surface area contributed by atoms with E-state index in [9.17, 15) is 4.79 Å². The first-order valence-corrected chi connectivity index (χ1v) is 7.12. The lowest BCUT2D eigenvalue weighted by Crippen LogP contribution is -2.50. The van der Waals surface area contributed by atoms with Crippen molar-refractivity contribution in [2.45, 2.75) is 26.4 Å². The van der Waals surface area contributed by atoms with Crippen molar-refractivity contribution >= 4 is 11.8 Å². The van der Waals surface area contributed by atoms with Crippen molar-refractivity contribution in [3.05, 3.63) is 29.8 Å². The van der Waals surface area contributed by atoms with E-state index in [4.69, 9.17) is 10.00 Å². The number of hydrogen-bond acceptors (Lipinski definition) is 4. The van der Waals surface area contributed by atoms with E-state index in [0.717, 1.165) is 18.8 Å². The molecule has 1 aromatic rings. The minimum Gasteiger partial charge on any atom is -0.444 e. The minimum atomic E-state index is -0.457. The van der Waals surface area contributed by atoms with Crippen LogP contribution < -0.4 is 4.90 Å². The Morgan fingerprint density at radius 3 is 2.19 bits per heavy atom. The fourth-order valence-corrected chi connectivity index (χ4v) is 2.22. The first kappa shape index (κ1) is 15.2. The van der Waals surface area contributed by atoms with Crippen LogP contribution in [0.1, 0.15) is 26.3 Å². The van der Waals surface area contributed by atoms with Gasteiger partial charge in [0, 0.05) is 31.9 Å². The van der Waals surface area contributed by atoms with Gasteiger partial charge in [-0.25, -0.2) is 4.79 Å². The number of carbonyl (C=O) groups excluding carboxylic acids is 1. The smallest absolute Gasteiger partial charge is 0.410 e. The zero-order chi connectivity index (χ0) is 15.5. The molecule has 5 nitrogen and oxygen atoms in total. The van der Waals surface area contributed by atoms with Crippen LogP contribution in [-0.2, 0) is 4.74 Å². The third-order valence-corrected chi connectivity index (χ3v) is 3.29. The summed E-state index contributed by atoms with van der Waals surface area (Å²) < 4.78 is 5.38. The summed E-state index contributed by atoms with van der Waals surface area (Å²) in [4.78, 5) is 15.9. The Hall–Kier alpha value is -2.22. The van der Waals surface area contributed by atoms with E-state index < -0.39 is 5.60 Å². The maximum Gasteiger partial charge on any atom is 0.410 e. The number of nitriles is 1.